The minimum absolute atomic E-state index is 0.0141. The zero-order chi connectivity index (χ0) is 16.5. The Morgan fingerprint density at radius 3 is 2.79 bits per heavy atom. The third kappa shape index (κ3) is 2.41. The molecule has 4 rings (SSSR count). The first-order valence-corrected chi connectivity index (χ1v) is 8.24. The number of pyridine rings is 1. The van der Waals surface area contributed by atoms with Crippen molar-refractivity contribution in [3.05, 3.63) is 59.8 Å². The number of hydrogen-bond donors (Lipinski definition) is 0. The molecule has 0 bridgehead atoms. The van der Waals surface area contributed by atoms with E-state index in [0.717, 1.165) is 29.8 Å². The van der Waals surface area contributed by atoms with Gasteiger partial charge < -0.3 is 4.90 Å². The van der Waals surface area contributed by atoms with E-state index in [9.17, 15) is 4.79 Å². The van der Waals surface area contributed by atoms with Crippen LogP contribution >= 0.6 is 0 Å². The summed E-state index contributed by atoms with van der Waals surface area (Å²) in [5.41, 5.74) is 2.23. The summed E-state index contributed by atoms with van der Waals surface area (Å²) in [6, 6.07) is 14.1. The van der Waals surface area contributed by atoms with Crippen LogP contribution in [0, 0.1) is 17.4 Å². The summed E-state index contributed by atoms with van der Waals surface area (Å²) in [5, 5.41) is 9.06. The largest absolute Gasteiger partial charge is 0.310 e. The molecule has 1 aromatic heterocycles. The lowest BCUT2D eigenvalue weighted by Gasteiger charge is -2.27. The molecular formula is C19H18N4O. The normalized spacial score (nSPS) is 22.3. The second kappa shape index (κ2) is 5.97. The van der Waals surface area contributed by atoms with Gasteiger partial charge in [0.2, 0.25) is 5.91 Å². The number of aromatic nitrogens is 1. The standard InChI is InChI=1S/C19H18N4O/c20-13-22-10-8-16(12-22)19(24)23-17(14-5-2-1-3-6-14)11-15-7-4-9-21-18(15)23/h1-7,9,16-17H,8,10-12H2/t16-,17-/m0/s1. The van der Waals surface area contributed by atoms with Gasteiger partial charge in [0.25, 0.3) is 0 Å². The average molecular weight is 318 g/mol. The van der Waals surface area contributed by atoms with Crippen LogP contribution < -0.4 is 4.90 Å². The van der Waals surface area contributed by atoms with Gasteiger partial charge in [-0.15, -0.1) is 0 Å². The molecule has 0 spiro atoms. The Hall–Kier alpha value is -2.87. The molecule has 0 N–H and O–H groups in total. The van der Waals surface area contributed by atoms with Crippen LogP contribution in [-0.2, 0) is 11.2 Å². The number of likely N-dealkylation sites (tertiary alicyclic amines) is 1. The molecule has 1 amide bonds. The second-order valence-corrected chi connectivity index (χ2v) is 6.36. The summed E-state index contributed by atoms with van der Waals surface area (Å²) in [7, 11) is 0. The fourth-order valence-electron chi connectivity index (χ4n) is 3.70. The van der Waals surface area contributed by atoms with Gasteiger partial charge in [-0.1, -0.05) is 36.4 Å². The van der Waals surface area contributed by atoms with Crippen molar-refractivity contribution < 1.29 is 4.79 Å². The molecule has 0 saturated carbocycles. The van der Waals surface area contributed by atoms with E-state index in [4.69, 9.17) is 5.26 Å². The van der Waals surface area contributed by atoms with Crippen molar-refractivity contribution in [2.24, 2.45) is 5.92 Å². The molecule has 3 heterocycles. The Morgan fingerprint density at radius 2 is 2.04 bits per heavy atom. The molecule has 5 heteroatoms. The highest BCUT2D eigenvalue weighted by Gasteiger charge is 2.40. The number of fused-ring (bicyclic) bond motifs is 1. The predicted molar refractivity (Wildman–Crippen MR) is 89.9 cm³/mol. The summed E-state index contributed by atoms with van der Waals surface area (Å²) in [6.07, 6.45) is 5.40. The molecule has 2 aliphatic heterocycles. The summed E-state index contributed by atoms with van der Waals surface area (Å²) in [6.45, 7) is 1.17. The lowest BCUT2D eigenvalue weighted by Crippen LogP contribution is -2.38. The van der Waals surface area contributed by atoms with Crippen molar-refractivity contribution in [2.45, 2.75) is 18.9 Å². The number of benzene rings is 1. The third-order valence-corrected chi connectivity index (χ3v) is 4.92. The molecule has 24 heavy (non-hydrogen) atoms. The monoisotopic (exact) mass is 318 g/mol. The van der Waals surface area contributed by atoms with E-state index in [0.29, 0.717) is 13.1 Å². The lowest BCUT2D eigenvalue weighted by molar-refractivity contribution is -0.122. The maximum Gasteiger partial charge on any atom is 0.233 e. The number of rotatable bonds is 2. The molecule has 2 atom stereocenters. The highest BCUT2D eigenvalue weighted by atomic mass is 16.2. The summed E-state index contributed by atoms with van der Waals surface area (Å²) < 4.78 is 0. The van der Waals surface area contributed by atoms with E-state index in [1.165, 1.54) is 0 Å². The molecule has 0 aliphatic carbocycles. The Morgan fingerprint density at radius 1 is 1.21 bits per heavy atom. The highest BCUT2D eigenvalue weighted by molar-refractivity contribution is 5.97. The molecule has 2 aromatic rings. The summed E-state index contributed by atoms with van der Waals surface area (Å²) in [5.74, 6) is 0.717. The average Bonchev–Trinajstić information content (AvgIpc) is 3.26. The molecule has 0 radical (unpaired) electrons. The topological polar surface area (TPSA) is 60.2 Å². The molecular weight excluding hydrogens is 300 g/mol. The van der Waals surface area contributed by atoms with Crippen LogP contribution in [0.2, 0.25) is 0 Å². The summed E-state index contributed by atoms with van der Waals surface area (Å²) in [4.78, 5) is 21.2. The fraction of sp³-hybridized carbons (Fsp3) is 0.316. The molecule has 1 saturated heterocycles. The number of nitrogens with zero attached hydrogens (tertiary/aromatic N) is 4. The van der Waals surface area contributed by atoms with Gasteiger partial charge in [-0.05, 0) is 23.6 Å². The van der Waals surface area contributed by atoms with Crippen molar-refractivity contribution in [1.82, 2.24) is 9.88 Å². The van der Waals surface area contributed by atoms with Crippen molar-refractivity contribution in [1.29, 1.82) is 5.26 Å². The van der Waals surface area contributed by atoms with E-state index >= 15 is 0 Å². The zero-order valence-electron chi connectivity index (χ0n) is 13.3. The van der Waals surface area contributed by atoms with E-state index in [1.807, 2.05) is 35.2 Å². The molecule has 120 valence electrons. The number of anilines is 1. The maximum atomic E-state index is 13.2. The minimum atomic E-state index is -0.135. The van der Waals surface area contributed by atoms with E-state index in [-0.39, 0.29) is 17.9 Å². The van der Waals surface area contributed by atoms with Crippen molar-refractivity contribution in [3.8, 4) is 6.19 Å². The highest BCUT2D eigenvalue weighted by Crippen LogP contribution is 2.40. The van der Waals surface area contributed by atoms with Crippen molar-refractivity contribution >= 4 is 11.7 Å². The smallest absolute Gasteiger partial charge is 0.233 e. The van der Waals surface area contributed by atoms with Gasteiger partial charge in [0.15, 0.2) is 6.19 Å². The van der Waals surface area contributed by atoms with Crippen LogP contribution in [0.5, 0.6) is 0 Å². The first kappa shape index (κ1) is 14.7. The Balaban J connectivity index is 1.69. The molecule has 0 unspecified atom stereocenters. The number of nitriles is 1. The third-order valence-electron chi connectivity index (χ3n) is 4.92. The van der Waals surface area contributed by atoms with E-state index in [2.05, 4.69) is 23.3 Å². The fourth-order valence-corrected chi connectivity index (χ4v) is 3.70. The quantitative estimate of drug-likeness (QED) is 0.798. The second-order valence-electron chi connectivity index (χ2n) is 6.36. The van der Waals surface area contributed by atoms with Gasteiger partial charge in [0, 0.05) is 25.7 Å². The van der Waals surface area contributed by atoms with Crippen molar-refractivity contribution in [3.63, 3.8) is 0 Å². The number of carbonyl (C=O) groups is 1. The Bertz CT molecular complexity index is 799. The van der Waals surface area contributed by atoms with Gasteiger partial charge in [-0.3, -0.25) is 9.69 Å². The lowest BCUT2D eigenvalue weighted by atomic mass is 10.0. The molecule has 5 nitrogen and oxygen atoms in total. The number of amides is 1. The Kier molecular flexibility index (Phi) is 3.66. The van der Waals surface area contributed by atoms with Crippen LogP contribution in [0.25, 0.3) is 0 Å². The van der Waals surface area contributed by atoms with E-state index < -0.39 is 0 Å². The van der Waals surface area contributed by atoms with Gasteiger partial charge in [-0.25, -0.2) is 4.98 Å². The number of carbonyl (C=O) groups excluding carboxylic acids is 1. The first-order valence-electron chi connectivity index (χ1n) is 8.24. The molecule has 1 fully saturated rings. The van der Waals surface area contributed by atoms with Crippen molar-refractivity contribution in [2.75, 3.05) is 18.0 Å². The zero-order valence-corrected chi connectivity index (χ0v) is 13.3. The van der Waals surface area contributed by atoms with Gasteiger partial charge in [0.1, 0.15) is 5.82 Å². The van der Waals surface area contributed by atoms with Crippen LogP contribution in [0.4, 0.5) is 5.82 Å². The van der Waals surface area contributed by atoms with Gasteiger partial charge >= 0.3 is 0 Å². The number of hydrogen-bond acceptors (Lipinski definition) is 4. The summed E-state index contributed by atoms with van der Waals surface area (Å²) >= 11 is 0. The minimum Gasteiger partial charge on any atom is -0.310 e. The van der Waals surface area contributed by atoms with Crippen LogP contribution in [0.1, 0.15) is 23.6 Å². The maximum absolute atomic E-state index is 13.2. The van der Waals surface area contributed by atoms with Crippen LogP contribution in [0.3, 0.4) is 0 Å². The first-order chi connectivity index (χ1) is 11.8. The molecule has 2 aliphatic rings. The van der Waals surface area contributed by atoms with Gasteiger partial charge in [0.05, 0.1) is 12.0 Å². The van der Waals surface area contributed by atoms with Crippen LogP contribution in [0.15, 0.2) is 48.7 Å². The van der Waals surface area contributed by atoms with Crippen LogP contribution in [-0.4, -0.2) is 28.9 Å². The van der Waals surface area contributed by atoms with Gasteiger partial charge in [-0.2, -0.15) is 5.26 Å². The SMILES string of the molecule is N#CN1CC[C@H](C(=O)N2c3ncccc3C[C@H]2c2ccccc2)C1. The van der Waals surface area contributed by atoms with E-state index in [1.54, 1.807) is 11.1 Å². The Labute approximate surface area is 141 Å². The predicted octanol–water partition coefficient (Wildman–Crippen LogP) is 2.51. The molecule has 1 aromatic carbocycles.